The van der Waals surface area contributed by atoms with Crippen molar-refractivity contribution in [3.05, 3.63) is 40.8 Å². The van der Waals surface area contributed by atoms with Gasteiger partial charge in [-0.1, -0.05) is 11.6 Å². The average molecular weight is 303 g/mol. The van der Waals surface area contributed by atoms with Crippen LogP contribution in [-0.2, 0) is 0 Å². The lowest BCUT2D eigenvalue weighted by molar-refractivity contribution is 0.496. The van der Waals surface area contributed by atoms with E-state index in [-0.39, 0.29) is 22.5 Å². The van der Waals surface area contributed by atoms with Gasteiger partial charge in [0.15, 0.2) is 17.5 Å². The summed E-state index contributed by atoms with van der Waals surface area (Å²) in [6.07, 6.45) is 1.31. The lowest BCUT2D eigenvalue weighted by Gasteiger charge is -2.10. The summed E-state index contributed by atoms with van der Waals surface area (Å²) < 4.78 is 39.5. The number of hydrogen-bond donors (Lipinski definition) is 2. The van der Waals surface area contributed by atoms with E-state index in [9.17, 15) is 13.2 Å². The van der Waals surface area contributed by atoms with Crippen LogP contribution < -0.4 is 10.6 Å². The van der Waals surface area contributed by atoms with Crippen LogP contribution in [0.1, 0.15) is 6.92 Å². The molecule has 0 aliphatic carbocycles. The third-order valence-corrected chi connectivity index (χ3v) is 2.62. The van der Waals surface area contributed by atoms with Crippen LogP contribution in [0.3, 0.4) is 0 Å². The molecule has 0 amide bonds. The van der Waals surface area contributed by atoms with Crippen LogP contribution >= 0.6 is 11.6 Å². The molecule has 0 aliphatic heterocycles. The first-order valence-corrected chi connectivity index (χ1v) is 6.07. The van der Waals surface area contributed by atoms with Gasteiger partial charge in [0.25, 0.3) is 0 Å². The van der Waals surface area contributed by atoms with Crippen molar-refractivity contribution < 1.29 is 13.2 Å². The molecule has 0 unspecified atom stereocenters. The first kappa shape index (κ1) is 14.4. The van der Waals surface area contributed by atoms with E-state index < -0.39 is 17.5 Å². The van der Waals surface area contributed by atoms with Crippen LogP contribution in [0, 0.1) is 17.5 Å². The summed E-state index contributed by atoms with van der Waals surface area (Å²) in [5, 5.41) is 5.47. The fourth-order valence-electron chi connectivity index (χ4n) is 1.44. The number of halogens is 4. The zero-order valence-electron chi connectivity index (χ0n) is 10.3. The molecule has 0 fully saturated rings. The van der Waals surface area contributed by atoms with Crippen LogP contribution in [0.4, 0.5) is 30.6 Å². The molecule has 0 saturated heterocycles. The molecule has 0 spiro atoms. The molecule has 1 aromatic heterocycles. The summed E-state index contributed by atoms with van der Waals surface area (Å²) in [5.41, 5.74) is -0.271. The van der Waals surface area contributed by atoms with Gasteiger partial charge in [-0.25, -0.2) is 18.2 Å². The quantitative estimate of drug-likeness (QED) is 0.845. The molecule has 0 atom stereocenters. The Morgan fingerprint density at radius 3 is 2.55 bits per heavy atom. The smallest absolute Gasteiger partial charge is 0.224 e. The second-order valence-electron chi connectivity index (χ2n) is 3.79. The van der Waals surface area contributed by atoms with Crippen molar-refractivity contribution >= 4 is 29.1 Å². The number of benzene rings is 1. The second kappa shape index (κ2) is 5.96. The predicted octanol–water partition coefficient (Wildman–Crippen LogP) is 3.72. The Bertz CT molecular complexity index is 636. The van der Waals surface area contributed by atoms with Crippen LogP contribution in [0.5, 0.6) is 0 Å². The van der Waals surface area contributed by atoms with Gasteiger partial charge in [-0.3, -0.25) is 0 Å². The van der Waals surface area contributed by atoms with Gasteiger partial charge in [0.1, 0.15) is 10.8 Å². The molecule has 0 aliphatic rings. The van der Waals surface area contributed by atoms with E-state index in [4.69, 9.17) is 11.6 Å². The van der Waals surface area contributed by atoms with Crippen molar-refractivity contribution in [3.8, 4) is 0 Å². The third kappa shape index (κ3) is 3.11. The van der Waals surface area contributed by atoms with Crippen LogP contribution in [0.25, 0.3) is 0 Å². The van der Waals surface area contributed by atoms with E-state index >= 15 is 0 Å². The number of hydrogen-bond acceptors (Lipinski definition) is 4. The minimum absolute atomic E-state index is 0.0857. The van der Waals surface area contributed by atoms with Gasteiger partial charge in [-0.05, 0) is 6.92 Å². The van der Waals surface area contributed by atoms with Crippen LogP contribution in [-0.4, -0.2) is 16.5 Å². The van der Waals surface area contributed by atoms with E-state index in [0.717, 1.165) is 0 Å². The number of aromatic nitrogens is 2. The molecular formula is C12H10ClF3N4. The molecule has 0 radical (unpaired) electrons. The first-order valence-electron chi connectivity index (χ1n) is 5.69. The molecule has 1 aromatic carbocycles. The zero-order chi connectivity index (χ0) is 14.7. The molecule has 2 aromatic rings. The molecule has 1 heterocycles. The van der Waals surface area contributed by atoms with Gasteiger partial charge in [0.2, 0.25) is 5.95 Å². The van der Waals surface area contributed by atoms with Crippen LogP contribution in [0.2, 0.25) is 5.02 Å². The highest BCUT2D eigenvalue weighted by molar-refractivity contribution is 6.32. The van der Waals surface area contributed by atoms with E-state index in [0.29, 0.717) is 18.7 Å². The Kier molecular flexibility index (Phi) is 4.29. The van der Waals surface area contributed by atoms with Crippen molar-refractivity contribution in [2.75, 3.05) is 17.2 Å². The fraction of sp³-hybridized carbons (Fsp3) is 0.167. The Morgan fingerprint density at radius 1 is 1.15 bits per heavy atom. The normalized spacial score (nSPS) is 10.4. The van der Waals surface area contributed by atoms with E-state index in [2.05, 4.69) is 20.6 Å². The number of rotatable bonds is 4. The van der Waals surface area contributed by atoms with E-state index in [1.807, 2.05) is 6.92 Å². The Labute approximate surface area is 118 Å². The Hall–Kier alpha value is -2.02. The topological polar surface area (TPSA) is 49.8 Å². The molecule has 2 N–H and O–H groups in total. The maximum absolute atomic E-state index is 13.5. The molecule has 0 bridgehead atoms. The summed E-state index contributed by atoms with van der Waals surface area (Å²) >= 11 is 5.86. The Morgan fingerprint density at radius 2 is 1.85 bits per heavy atom. The molecule has 20 heavy (non-hydrogen) atoms. The second-order valence-corrected chi connectivity index (χ2v) is 4.20. The highest BCUT2D eigenvalue weighted by atomic mass is 35.5. The maximum atomic E-state index is 13.5. The Balaban J connectivity index is 2.34. The van der Waals surface area contributed by atoms with Crippen LogP contribution in [0.15, 0.2) is 18.3 Å². The standard InChI is InChI=1S/C12H10ClF3N4/c1-2-17-12-18-5-6(13)11(20-12)19-10-4-8(15)7(14)3-9(10)16/h3-5H,2H2,1H3,(H2,17,18,19,20). The third-order valence-electron chi connectivity index (χ3n) is 2.34. The highest BCUT2D eigenvalue weighted by Gasteiger charge is 2.12. The molecular weight excluding hydrogens is 293 g/mol. The molecule has 4 nitrogen and oxygen atoms in total. The monoisotopic (exact) mass is 302 g/mol. The molecule has 2 rings (SSSR count). The van der Waals surface area contributed by atoms with Crippen molar-refractivity contribution in [1.29, 1.82) is 0 Å². The van der Waals surface area contributed by atoms with Crippen molar-refractivity contribution in [2.45, 2.75) is 6.92 Å². The molecule has 0 saturated carbocycles. The van der Waals surface area contributed by atoms with Crippen molar-refractivity contribution in [2.24, 2.45) is 0 Å². The van der Waals surface area contributed by atoms with E-state index in [1.165, 1.54) is 6.20 Å². The largest absolute Gasteiger partial charge is 0.354 e. The van der Waals surface area contributed by atoms with Crippen molar-refractivity contribution in [1.82, 2.24) is 9.97 Å². The summed E-state index contributed by atoms with van der Waals surface area (Å²) in [6.45, 7) is 2.43. The summed E-state index contributed by atoms with van der Waals surface area (Å²) in [7, 11) is 0. The van der Waals surface area contributed by atoms with Gasteiger partial charge < -0.3 is 10.6 Å². The molecule has 106 valence electrons. The minimum atomic E-state index is -1.27. The van der Waals surface area contributed by atoms with Gasteiger partial charge in [0.05, 0.1) is 11.9 Å². The number of nitrogens with zero attached hydrogens (tertiary/aromatic N) is 2. The highest BCUT2D eigenvalue weighted by Crippen LogP contribution is 2.26. The van der Waals surface area contributed by atoms with E-state index in [1.54, 1.807) is 0 Å². The number of nitrogens with one attached hydrogen (secondary N) is 2. The predicted molar refractivity (Wildman–Crippen MR) is 70.8 cm³/mol. The lowest BCUT2D eigenvalue weighted by atomic mass is 10.3. The summed E-state index contributed by atoms with van der Waals surface area (Å²) in [5.74, 6) is -3.03. The van der Waals surface area contributed by atoms with Gasteiger partial charge in [-0.2, -0.15) is 4.98 Å². The summed E-state index contributed by atoms with van der Waals surface area (Å²) in [6, 6.07) is 1.13. The van der Waals surface area contributed by atoms with Gasteiger partial charge in [0, 0.05) is 18.7 Å². The maximum Gasteiger partial charge on any atom is 0.224 e. The van der Waals surface area contributed by atoms with Gasteiger partial charge in [-0.15, -0.1) is 0 Å². The average Bonchev–Trinajstić information content (AvgIpc) is 2.40. The summed E-state index contributed by atoms with van der Waals surface area (Å²) in [4.78, 5) is 7.90. The molecule has 8 heteroatoms. The zero-order valence-corrected chi connectivity index (χ0v) is 11.1. The fourth-order valence-corrected chi connectivity index (χ4v) is 1.58. The lowest BCUT2D eigenvalue weighted by Crippen LogP contribution is -2.05. The SMILES string of the molecule is CCNc1ncc(Cl)c(Nc2cc(F)c(F)cc2F)n1. The van der Waals surface area contributed by atoms with Gasteiger partial charge >= 0.3 is 0 Å². The number of anilines is 3. The van der Waals surface area contributed by atoms with Crippen molar-refractivity contribution in [3.63, 3.8) is 0 Å². The first-order chi connectivity index (χ1) is 9.51. The minimum Gasteiger partial charge on any atom is -0.354 e.